The number of rotatable bonds is 3. The Morgan fingerprint density at radius 1 is 1.21 bits per heavy atom. The summed E-state index contributed by atoms with van der Waals surface area (Å²) >= 11 is 0. The third-order valence-electron chi connectivity index (χ3n) is 5.53. The minimum absolute atomic E-state index is 0.141. The Hall–Kier alpha value is -1.36. The summed E-state index contributed by atoms with van der Waals surface area (Å²) < 4.78 is 11.3. The Labute approximate surface area is 144 Å². The van der Waals surface area contributed by atoms with Crippen molar-refractivity contribution >= 4 is 11.9 Å². The molecule has 5 heteroatoms. The maximum absolute atomic E-state index is 11.8. The summed E-state index contributed by atoms with van der Waals surface area (Å²) in [6.07, 6.45) is 1.24. The van der Waals surface area contributed by atoms with Crippen molar-refractivity contribution in [2.45, 2.75) is 78.6 Å². The van der Waals surface area contributed by atoms with Gasteiger partial charge in [0.25, 0.3) is 0 Å². The molecule has 2 aliphatic carbocycles. The monoisotopic (exact) mass is 338 g/mol. The van der Waals surface area contributed by atoms with Gasteiger partial charge in [-0.25, -0.2) is 0 Å². The molecule has 0 aromatic carbocycles. The van der Waals surface area contributed by atoms with Crippen LogP contribution in [0.15, 0.2) is 11.1 Å². The molecule has 0 aliphatic heterocycles. The van der Waals surface area contributed by atoms with Crippen LogP contribution in [-0.4, -0.2) is 34.9 Å². The highest BCUT2D eigenvalue weighted by Gasteiger charge is 2.53. The molecule has 1 saturated carbocycles. The molecule has 0 bridgehead atoms. The van der Waals surface area contributed by atoms with Crippen molar-refractivity contribution in [3.05, 3.63) is 11.1 Å². The summed E-state index contributed by atoms with van der Waals surface area (Å²) in [4.78, 5) is 23.4. The number of aliphatic hydroxyl groups is 1. The quantitative estimate of drug-likeness (QED) is 0.632. The first-order valence-electron chi connectivity index (χ1n) is 8.80. The lowest BCUT2D eigenvalue weighted by atomic mass is 9.75. The molecule has 5 nitrogen and oxygen atoms in total. The van der Waals surface area contributed by atoms with Crippen LogP contribution < -0.4 is 0 Å². The van der Waals surface area contributed by atoms with E-state index in [9.17, 15) is 14.7 Å². The summed E-state index contributed by atoms with van der Waals surface area (Å²) in [7, 11) is 0. The molecule has 0 amide bonds. The van der Waals surface area contributed by atoms with Gasteiger partial charge in [0, 0.05) is 32.1 Å². The third-order valence-corrected chi connectivity index (χ3v) is 5.53. The lowest BCUT2D eigenvalue weighted by Crippen LogP contribution is -2.48. The summed E-state index contributed by atoms with van der Waals surface area (Å²) in [5, 5.41) is 11.0. The van der Waals surface area contributed by atoms with E-state index in [2.05, 4.69) is 0 Å². The molecule has 5 atom stereocenters. The Kier molecular flexibility index (Phi) is 5.43. The third kappa shape index (κ3) is 3.66. The SMILES string of the molecule is CC(=O)O[C@@H]1[C@H](C(C)C)[C@H](OC(C)=O)CC(C)=C2CC[C@](C)(O)[C@H]21. The minimum atomic E-state index is -0.922. The van der Waals surface area contributed by atoms with E-state index in [1.165, 1.54) is 13.8 Å². The molecule has 2 rings (SSSR count). The smallest absolute Gasteiger partial charge is 0.302 e. The van der Waals surface area contributed by atoms with E-state index >= 15 is 0 Å². The van der Waals surface area contributed by atoms with Crippen LogP contribution in [-0.2, 0) is 19.1 Å². The molecule has 0 unspecified atom stereocenters. The molecule has 0 aromatic heterocycles. The summed E-state index contributed by atoms with van der Waals surface area (Å²) in [6, 6.07) is 0. The van der Waals surface area contributed by atoms with Crippen LogP contribution in [0.5, 0.6) is 0 Å². The van der Waals surface area contributed by atoms with Gasteiger partial charge in [0.2, 0.25) is 0 Å². The number of hydrogen-bond acceptors (Lipinski definition) is 5. The van der Waals surface area contributed by atoms with Crippen molar-refractivity contribution in [3.63, 3.8) is 0 Å². The van der Waals surface area contributed by atoms with Gasteiger partial charge in [0.05, 0.1) is 5.60 Å². The highest BCUT2D eigenvalue weighted by Crippen LogP contribution is 2.50. The summed E-state index contributed by atoms with van der Waals surface area (Å²) in [5.41, 5.74) is 1.38. The second-order valence-corrected chi connectivity index (χ2v) is 7.89. The van der Waals surface area contributed by atoms with E-state index in [-0.39, 0.29) is 35.8 Å². The Morgan fingerprint density at radius 3 is 2.29 bits per heavy atom. The topological polar surface area (TPSA) is 72.8 Å². The van der Waals surface area contributed by atoms with E-state index < -0.39 is 11.7 Å². The van der Waals surface area contributed by atoms with Crippen LogP contribution >= 0.6 is 0 Å². The molecule has 0 aromatic rings. The van der Waals surface area contributed by atoms with Gasteiger partial charge in [-0.05, 0) is 32.6 Å². The fourth-order valence-electron chi connectivity index (χ4n) is 4.59. The van der Waals surface area contributed by atoms with Gasteiger partial charge in [-0.1, -0.05) is 25.0 Å². The number of carbonyl (C=O) groups excluding carboxylic acids is 2. The van der Waals surface area contributed by atoms with Crippen molar-refractivity contribution in [1.82, 2.24) is 0 Å². The lowest BCUT2D eigenvalue weighted by Gasteiger charge is -2.40. The molecule has 1 fully saturated rings. The van der Waals surface area contributed by atoms with Gasteiger partial charge < -0.3 is 14.6 Å². The van der Waals surface area contributed by atoms with Crippen LogP contribution in [0.4, 0.5) is 0 Å². The van der Waals surface area contributed by atoms with E-state index in [1.807, 2.05) is 27.7 Å². The highest BCUT2D eigenvalue weighted by molar-refractivity contribution is 5.67. The second-order valence-electron chi connectivity index (χ2n) is 7.89. The minimum Gasteiger partial charge on any atom is -0.462 e. The number of carbonyl (C=O) groups is 2. The Morgan fingerprint density at radius 2 is 1.79 bits per heavy atom. The zero-order valence-corrected chi connectivity index (χ0v) is 15.6. The van der Waals surface area contributed by atoms with E-state index in [1.54, 1.807) is 0 Å². The standard InChI is InChI=1S/C19H30O5/c1-10(2)16-15(23-12(4)20)9-11(3)14-7-8-19(6,22)17(14)18(16)24-13(5)21/h10,15-18,22H,7-9H2,1-6H3/t15-,16-,17-,18-,19+/m1/s1. The van der Waals surface area contributed by atoms with Gasteiger partial charge in [0.1, 0.15) is 12.2 Å². The van der Waals surface area contributed by atoms with Gasteiger partial charge in [-0.15, -0.1) is 0 Å². The number of ether oxygens (including phenoxy) is 2. The number of fused-ring (bicyclic) bond motifs is 1. The molecule has 0 saturated heterocycles. The van der Waals surface area contributed by atoms with Crippen LogP contribution in [0, 0.1) is 17.8 Å². The van der Waals surface area contributed by atoms with Crippen molar-refractivity contribution in [1.29, 1.82) is 0 Å². The van der Waals surface area contributed by atoms with Gasteiger partial charge in [-0.3, -0.25) is 9.59 Å². The molecular weight excluding hydrogens is 308 g/mol. The van der Waals surface area contributed by atoms with Crippen molar-refractivity contribution in [2.24, 2.45) is 17.8 Å². The molecule has 24 heavy (non-hydrogen) atoms. The first kappa shape index (κ1) is 19.0. The zero-order valence-electron chi connectivity index (χ0n) is 15.6. The largest absolute Gasteiger partial charge is 0.462 e. The van der Waals surface area contributed by atoms with Crippen LogP contribution in [0.1, 0.15) is 60.8 Å². The first-order valence-corrected chi connectivity index (χ1v) is 8.80. The van der Waals surface area contributed by atoms with Gasteiger partial charge >= 0.3 is 11.9 Å². The average molecular weight is 338 g/mol. The Bertz CT molecular complexity index is 546. The lowest BCUT2D eigenvalue weighted by molar-refractivity contribution is -0.169. The van der Waals surface area contributed by atoms with Gasteiger partial charge in [0.15, 0.2) is 0 Å². The van der Waals surface area contributed by atoms with Crippen molar-refractivity contribution < 1.29 is 24.2 Å². The average Bonchev–Trinajstić information content (AvgIpc) is 2.65. The normalized spacial score (nSPS) is 36.3. The molecule has 0 heterocycles. The second kappa shape index (κ2) is 6.87. The predicted molar refractivity (Wildman–Crippen MR) is 90.1 cm³/mol. The molecular formula is C19H30O5. The van der Waals surface area contributed by atoms with E-state index in [0.717, 1.165) is 17.6 Å². The van der Waals surface area contributed by atoms with Gasteiger partial charge in [-0.2, -0.15) is 0 Å². The number of esters is 2. The predicted octanol–water partition coefficient (Wildman–Crippen LogP) is 3.00. The number of hydrogen-bond donors (Lipinski definition) is 1. The summed E-state index contributed by atoms with van der Waals surface area (Å²) in [6.45, 7) is 10.7. The highest BCUT2D eigenvalue weighted by atomic mass is 16.6. The van der Waals surface area contributed by atoms with Crippen LogP contribution in [0.25, 0.3) is 0 Å². The van der Waals surface area contributed by atoms with Crippen LogP contribution in [0.2, 0.25) is 0 Å². The maximum Gasteiger partial charge on any atom is 0.302 e. The zero-order chi connectivity index (χ0) is 18.2. The van der Waals surface area contributed by atoms with Crippen molar-refractivity contribution in [2.75, 3.05) is 0 Å². The molecule has 1 N–H and O–H groups in total. The maximum atomic E-state index is 11.8. The van der Waals surface area contributed by atoms with Crippen LogP contribution in [0.3, 0.4) is 0 Å². The van der Waals surface area contributed by atoms with E-state index in [0.29, 0.717) is 12.8 Å². The van der Waals surface area contributed by atoms with Crippen molar-refractivity contribution in [3.8, 4) is 0 Å². The molecule has 2 aliphatic rings. The summed E-state index contributed by atoms with van der Waals surface area (Å²) in [5.74, 6) is -0.950. The fourth-order valence-corrected chi connectivity index (χ4v) is 4.59. The fraction of sp³-hybridized carbons (Fsp3) is 0.789. The van der Waals surface area contributed by atoms with E-state index in [4.69, 9.17) is 9.47 Å². The molecule has 0 radical (unpaired) electrons. The Balaban J connectivity index is 2.54. The molecule has 0 spiro atoms. The molecule has 136 valence electrons. The first-order chi connectivity index (χ1) is 11.0.